The second-order valence-corrected chi connectivity index (χ2v) is 2.50. The summed E-state index contributed by atoms with van der Waals surface area (Å²) in [5.41, 5.74) is -3.45. The lowest BCUT2D eigenvalue weighted by Gasteiger charge is -2.22. The highest BCUT2D eigenvalue weighted by molar-refractivity contribution is 5.90. The Morgan fingerprint density at radius 2 is 1.64 bits per heavy atom. The number of hydrogen-bond donors (Lipinski definition) is 4. The number of carboxylic acid groups (broad SMARTS) is 3. The molecule has 0 aromatic heterocycles. The third-order valence-electron chi connectivity index (χ3n) is 1.43. The van der Waals surface area contributed by atoms with E-state index in [0.717, 1.165) is 0 Å². The van der Waals surface area contributed by atoms with Crippen LogP contribution in [-0.2, 0) is 14.4 Å². The highest BCUT2D eigenvalue weighted by Gasteiger charge is 2.51. The lowest BCUT2D eigenvalue weighted by Crippen LogP contribution is -2.52. The Labute approximate surface area is 76.4 Å². The third-order valence-corrected chi connectivity index (χ3v) is 1.43. The summed E-state index contributed by atoms with van der Waals surface area (Å²) in [5.74, 6) is -6.30. The van der Waals surface area contributed by atoms with Crippen LogP contribution in [0, 0.1) is 0 Å². The number of hydrogen-bond acceptors (Lipinski definition) is 4. The zero-order chi connectivity index (χ0) is 11.5. The van der Waals surface area contributed by atoms with Gasteiger partial charge in [-0.1, -0.05) is 0 Å². The standard InChI is InChI=1S/C6H7FO7/c7-3(4(10)11)6(14,5(12)13)1-2(8)9/h3,14H,1H2,(H,8,9)(H,10,11)(H,12,13)/i7+0. The molecule has 2 unspecified atom stereocenters. The van der Waals surface area contributed by atoms with E-state index in [-0.39, 0.29) is 0 Å². The van der Waals surface area contributed by atoms with Crippen LogP contribution in [0.15, 0.2) is 0 Å². The van der Waals surface area contributed by atoms with E-state index in [1.165, 1.54) is 0 Å². The number of carbonyl (C=O) groups is 3. The van der Waals surface area contributed by atoms with Crippen LogP contribution in [0.5, 0.6) is 0 Å². The van der Waals surface area contributed by atoms with E-state index in [4.69, 9.17) is 20.4 Å². The molecule has 80 valence electrons. The van der Waals surface area contributed by atoms with Gasteiger partial charge in [-0.25, -0.2) is 14.0 Å². The number of aliphatic hydroxyl groups is 1. The number of carboxylic acids is 3. The molecule has 7 nitrogen and oxygen atoms in total. The molecule has 0 aliphatic rings. The summed E-state index contributed by atoms with van der Waals surface area (Å²) >= 11 is 0. The first-order valence-electron chi connectivity index (χ1n) is 3.26. The predicted molar refractivity (Wildman–Crippen MR) is 37.4 cm³/mol. The van der Waals surface area contributed by atoms with Gasteiger partial charge < -0.3 is 20.4 Å². The highest BCUT2D eigenvalue weighted by atomic mass is 19.1. The number of alkyl halides is 1. The molecule has 0 heterocycles. The maximum absolute atomic E-state index is 12.7. The van der Waals surface area contributed by atoms with E-state index >= 15 is 0 Å². The molecule has 0 fully saturated rings. The molecule has 2 atom stereocenters. The molecule has 0 amide bonds. The molecule has 0 aromatic rings. The van der Waals surface area contributed by atoms with Crippen LogP contribution in [0.1, 0.15) is 6.42 Å². The minimum absolute atomic E-state index is 1.53. The van der Waals surface area contributed by atoms with Crippen LogP contribution in [0.3, 0.4) is 0 Å². The molecule has 0 spiro atoms. The Bertz CT molecular complexity index is 275. The Balaban J connectivity index is 4.99. The predicted octanol–water partition coefficient (Wildman–Crippen LogP) is -1.30. The monoisotopic (exact) mass is 210 g/mol. The van der Waals surface area contributed by atoms with Gasteiger partial charge in [-0.2, -0.15) is 0 Å². The average molecular weight is 210 g/mol. The first kappa shape index (κ1) is 12.3. The highest BCUT2D eigenvalue weighted by Crippen LogP contribution is 2.19. The maximum Gasteiger partial charge on any atom is 0.342 e. The second-order valence-electron chi connectivity index (χ2n) is 2.50. The quantitative estimate of drug-likeness (QED) is 0.443. The maximum atomic E-state index is 12.7. The van der Waals surface area contributed by atoms with Gasteiger partial charge >= 0.3 is 17.9 Å². The number of aliphatic carboxylic acids is 3. The van der Waals surface area contributed by atoms with Crippen molar-refractivity contribution in [3.05, 3.63) is 0 Å². The molecule has 0 rings (SSSR count). The molecule has 0 saturated heterocycles. The first-order chi connectivity index (χ1) is 6.21. The van der Waals surface area contributed by atoms with Crippen molar-refractivity contribution in [2.75, 3.05) is 0 Å². The van der Waals surface area contributed by atoms with Gasteiger partial charge in [0.25, 0.3) is 0 Å². The summed E-state index contributed by atoms with van der Waals surface area (Å²) in [7, 11) is 0. The van der Waals surface area contributed by atoms with Crippen LogP contribution in [0.2, 0.25) is 0 Å². The Morgan fingerprint density at radius 3 is 1.86 bits per heavy atom. The van der Waals surface area contributed by atoms with Crippen LogP contribution in [0.4, 0.5) is 4.39 Å². The number of rotatable bonds is 5. The van der Waals surface area contributed by atoms with Crippen molar-refractivity contribution in [1.82, 2.24) is 0 Å². The molecule has 14 heavy (non-hydrogen) atoms. The minimum Gasteiger partial charge on any atom is -0.481 e. The summed E-state index contributed by atoms with van der Waals surface area (Å²) in [6, 6.07) is 0. The fourth-order valence-electron chi connectivity index (χ4n) is 0.708. The average Bonchev–Trinajstić information content (AvgIpc) is 2.00. The number of halogens is 1. The zero-order valence-corrected chi connectivity index (χ0v) is 6.68. The Kier molecular flexibility index (Phi) is 3.52. The van der Waals surface area contributed by atoms with Crippen molar-refractivity contribution < 1.29 is 39.2 Å². The van der Waals surface area contributed by atoms with Crippen molar-refractivity contribution in [1.29, 1.82) is 0 Å². The summed E-state index contributed by atoms with van der Waals surface area (Å²) in [5, 5.41) is 33.5. The van der Waals surface area contributed by atoms with Crippen molar-refractivity contribution in [3.63, 3.8) is 0 Å². The van der Waals surface area contributed by atoms with E-state index < -0.39 is 36.1 Å². The SMILES string of the molecule is O=C(O)CC(O)(C(=O)O)C([19F])C(=O)O. The molecular weight excluding hydrogens is 203 g/mol. The lowest BCUT2D eigenvalue weighted by molar-refractivity contribution is -0.180. The molecule has 0 saturated carbocycles. The van der Waals surface area contributed by atoms with Gasteiger partial charge in [-0.3, -0.25) is 4.79 Å². The normalized spacial score (nSPS) is 16.7. The molecule has 8 heteroatoms. The van der Waals surface area contributed by atoms with Crippen LogP contribution < -0.4 is 0 Å². The second kappa shape index (κ2) is 4.01. The van der Waals surface area contributed by atoms with Crippen molar-refractivity contribution >= 4 is 17.9 Å². The molecule has 0 aliphatic carbocycles. The van der Waals surface area contributed by atoms with Crippen molar-refractivity contribution in [2.45, 2.75) is 18.2 Å². The molecule has 0 aromatic carbocycles. The van der Waals surface area contributed by atoms with Gasteiger partial charge in [-0.15, -0.1) is 0 Å². The van der Waals surface area contributed by atoms with E-state index in [1.54, 1.807) is 0 Å². The van der Waals surface area contributed by atoms with Gasteiger partial charge in [0.05, 0.1) is 6.42 Å². The van der Waals surface area contributed by atoms with E-state index in [0.29, 0.717) is 0 Å². The summed E-state index contributed by atoms with van der Waals surface area (Å²) < 4.78 is 12.7. The lowest BCUT2D eigenvalue weighted by atomic mass is 9.94. The fraction of sp³-hybridized carbons (Fsp3) is 0.500. The van der Waals surface area contributed by atoms with Crippen molar-refractivity contribution in [2.24, 2.45) is 0 Å². The summed E-state index contributed by atoms with van der Waals surface area (Å²) in [6.07, 6.45) is -4.73. The largest absolute Gasteiger partial charge is 0.481 e. The van der Waals surface area contributed by atoms with Gasteiger partial charge in [-0.05, 0) is 0 Å². The van der Waals surface area contributed by atoms with Gasteiger partial charge in [0, 0.05) is 0 Å². The van der Waals surface area contributed by atoms with Crippen LogP contribution in [0.25, 0.3) is 0 Å². The van der Waals surface area contributed by atoms with E-state index in [9.17, 15) is 18.8 Å². The Hall–Kier alpha value is -1.70. The molecular formula is C6H7FO7. The van der Waals surface area contributed by atoms with Crippen molar-refractivity contribution in [3.8, 4) is 0 Å². The van der Waals surface area contributed by atoms with E-state index in [2.05, 4.69) is 0 Å². The molecule has 0 bridgehead atoms. The van der Waals surface area contributed by atoms with Crippen LogP contribution >= 0.6 is 0 Å². The smallest absolute Gasteiger partial charge is 0.342 e. The third kappa shape index (κ3) is 2.39. The van der Waals surface area contributed by atoms with Gasteiger partial charge in [0.15, 0.2) is 0 Å². The zero-order valence-electron chi connectivity index (χ0n) is 6.68. The summed E-state index contributed by atoms with van der Waals surface area (Å²) in [6.45, 7) is 0. The molecule has 4 N–H and O–H groups in total. The first-order valence-corrected chi connectivity index (χ1v) is 3.26. The van der Waals surface area contributed by atoms with Gasteiger partial charge in [0.1, 0.15) is 0 Å². The van der Waals surface area contributed by atoms with E-state index in [1.807, 2.05) is 0 Å². The van der Waals surface area contributed by atoms with Crippen LogP contribution in [-0.4, -0.2) is 50.1 Å². The molecule has 0 aliphatic heterocycles. The Morgan fingerprint density at radius 1 is 1.21 bits per heavy atom. The fourth-order valence-corrected chi connectivity index (χ4v) is 0.708. The molecule has 0 radical (unpaired) electrons. The van der Waals surface area contributed by atoms with Gasteiger partial charge in [0.2, 0.25) is 11.8 Å². The topological polar surface area (TPSA) is 132 Å². The summed E-state index contributed by atoms with van der Waals surface area (Å²) in [4.78, 5) is 30.4. The minimum atomic E-state index is -3.45.